The summed E-state index contributed by atoms with van der Waals surface area (Å²) in [5.41, 5.74) is 0. The molecule has 0 rings (SSSR count). The number of aliphatic hydroxyl groups excluding tert-OH is 1. The molecule has 0 spiro atoms. The van der Waals surface area contributed by atoms with Gasteiger partial charge in [-0.1, -0.05) is 314 Å². The molecule has 2 unspecified atom stereocenters. The van der Waals surface area contributed by atoms with Crippen LogP contribution in [-0.4, -0.2) is 96.7 Å². The zero-order valence-electron chi connectivity index (χ0n) is 66.1. The van der Waals surface area contributed by atoms with Gasteiger partial charge in [0, 0.05) is 25.7 Å². The molecule has 0 bridgehead atoms. The van der Waals surface area contributed by atoms with E-state index in [1.165, 1.54) is 89.9 Å². The third-order valence-corrected chi connectivity index (χ3v) is 18.4. The molecule has 3 N–H and O–H groups in total. The van der Waals surface area contributed by atoms with Gasteiger partial charge in [-0.15, -0.1) is 0 Å². The van der Waals surface area contributed by atoms with Gasteiger partial charge in [-0.05, 0) is 128 Å². The lowest BCUT2D eigenvalue weighted by Gasteiger charge is -2.21. The summed E-state index contributed by atoms with van der Waals surface area (Å²) >= 11 is 0. The molecule has 0 aromatic carbocycles. The first-order valence-electron chi connectivity index (χ1n) is 40.7. The van der Waals surface area contributed by atoms with Crippen molar-refractivity contribution in [2.45, 2.75) is 329 Å². The minimum absolute atomic E-state index is 0.0290. The molecule has 0 aliphatic rings. The number of unbranched alkanes of at least 4 members (excludes halogenated alkanes) is 23. The number of hydrogen-bond donors (Lipinski definition) is 3. The predicted molar refractivity (Wildman–Crippen MR) is 436 cm³/mol. The third kappa shape index (κ3) is 76.9. The highest BCUT2D eigenvalue weighted by molar-refractivity contribution is 7.47. The average molecular weight is 1520 g/mol. The van der Waals surface area contributed by atoms with Crippen LogP contribution < -0.4 is 0 Å². The van der Waals surface area contributed by atoms with Crippen LogP contribution in [0.1, 0.15) is 310 Å². The van der Waals surface area contributed by atoms with Crippen molar-refractivity contribution < 1.29 is 80.2 Å². The average Bonchev–Trinajstić information content (AvgIpc) is 0.899. The summed E-state index contributed by atoms with van der Waals surface area (Å²) in [5, 5.41) is 10.6. The van der Waals surface area contributed by atoms with Gasteiger partial charge in [0.1, 0.15) is 19.3 Å². The van der Waals surface area contributed by atoms with Gasteiger partial charge in [0.15, 0.2) is 12.2 Å². The molecule has 0 aromatic rings. The highest BCUT2D eigenvalue weighted by atomic mass is 31.2. The Bertz CT molecular complexity index is 2630. The maximum absolute atomic E-state index is 13.1. The first kappa shape index (κ1) is 101. The number of hydrogen-bond acceptors (Lipinski definition) is 15. The molecular weight excluding hydrogens is 1380 g/mol. The van der Waals surface area contributed by atoms with Crippen molar-refractivity contribution in [2.24, 2.45) is 0 Å². The summed E-state index contributed by atoms with van der Waals surface area (Å²) in [5.74, 6) is -2.38. The summed E-state index contributed by atoms with van der Waals surface area (Å²) in [7, 11) is -10.0. The fourth-order valence-corrected chi connectivity index (χ4v) is 12.0. The molecule has 19 heteroatoms. The fraction of sp³-hybridized carbons (Fsp3) is 0.655. The molecule has 106 heavy (non-hydrogen) atoms. The highest BCUT2D eigenvalue weighted by Gasteiger charge is 2.30. The number of phosphoric acid groups is 2. The zero-order chi connectivity index (χ0) is 77.4. The Kier molecular flexibility index (Phi) is 73.9. The summed E-state index contributed by atoms with van der Waals surface area (Å²) in [6.45, 7) is 4.46. The van der Waals surface area contributed by atoms with Crippen molar-refractivity contribution in [3.8, 4) is 0 Å². The van der Waals surface area contributed by atoms with E-state index < -0.39 is 97.5 Å². The summed E-state index contributed by atoms with van der Waals surface area (Å²) in [4.78, 5) is 73.0. The minimum atomic E-state index is -5.01. The normalized spacial score (nSPS) is 14.7. The van der Waals surface area contributed by atoms with Gasteiger partial charge in [0.2, 0.25) is 0 Å². The molecule has 604 valence electrons. The summed E-state index contributed by atoms with van der Waals surface area (Å²) in [6.07, 6.45) is 91.1. The Labute approximate surface area is 642 Å². The fourth-order valence-electron chi connectivity index (χ4n) is 10.4. The molecule has 0 aliphatic carbocycles. The maximum atomic E-state index is 13.1. The monoisotopic (exact) mass is 1520 g/mol. The van der Waals surface area contributed by atoms with E-state index in [4.69, 9.17) is 37.0 Å². The van der Waals surface area contributed by atoms with E-state index in [-0.39, 0.29) is 25.7 Å². The van der Waals surface area contributed by atoms with Gasteiger partial charge >= 0.3 is 39.5 Å². The smallest absolute Gasteiger partial charge is 0.462 e. The number of rotatable bonds is 75. The third-order valence-electron chi connectivity index (χ3n) is 16.5. The van der Waals surface area contributed by atoms with E-state index in [0.717, 1.165) is 128 Å². The Balaban J connectivity index is 5.49. The Morgan fingerprint density at radius 3 is 0.840 bits per heavy atom. The lowest BCUT2D eigenvalue weighted by Crippen LogP contribution is -2.30. The van der Waals surface area contributed by atoms with E-state index >= 15 is 0 Å². The zero-order valence-corrected chi connectivity index (χ0v) is 67.8. The quantitative estimate of drug-likeness (QED) is 0.0169. The summed E-state index contributed by atoms with van der Waals surface area (Å²) in [6, 6.07) is 0. The number of aliphatic hydroxyl groups is 1. The second-order valence-corrected chi connectivity index (χ2v) is 29.5. The molecular formula is C87H144O17P2. The molecule has 0 aromatic heterocycles. The Morgan fingerprint density at radius 2 is 0.509 bits per heavy atom. The first-order chi connectivity index (χ1) is 51.7. The molecule has 0 saturated heterocycles. The van der Waals surface area contributed by atoms with E-state index in [1.54, 1.807) is 0 Å². The molecule has 0 heterocycles. The van der Waals surface area contributed by atoms with Gasteiger partial charge in [0.05, 0.1) is 26.4 Å². The second kappa shape index (κ2) is 77.8. The van der Waals surface area contributed by atoms with Crippen molar-refractivity contribution in [1.82, 2.24) is 0 Å². The van der Waals surface area contributed by atoms with Gasteiger partial charge in [0.25, 0.3) is 0 Å². The molecule has 5 atom stereocenters. The number of esters is 4. The van der Waals surface area contributed by atoms with Crippen LogP contribution in [0.25, 0.3) is 0 Å². The van der Waals surface area contributed by atoms with Crippen molar-refractivity contribution in [3.05, 3.63) is 158 Å². The van der Waals surface area contributed by atoms with Crippen LogP contribution >= 0.6 is 15.6 Å². The second-order valence-electron chi connectivity index (χ2n) is 26.6. The highest BCUT2D eigenvalue weighted by Crippen LogP contribution is 2.45. The molecule has 0 amide bonds. The van der Waals surface area contributed by atoms with Crippen LogP contribution in [0.4, 0.5) is 0 Å². The largest absolute Gasteiger partial charge is 0.472 e. The van der Waals surface area contributed by atoms with Gasteiger partial charge in [-0.2, -0.15) is 0 Å². The molecule has 0 aliphatic heterocycles. The summed E-state index contributed by atoms with van der Waals surface area (Å²) < 4.78 is 68.5. The minimum Gasteiger partial charge on any atom is -0.462 e. The van der Waals surface area contributed by atoms with Crippen molar-refractivity contribution in [2.75, 3.05) is 39.6 Å². The number of allylic oxidation sites excluding steroid dienone is 26. The van der Waals surface area contributed by atoms with E-state index in [1.807, 2.05) is 36.5 Å². The molecule has 17 nitrogen and oxygen atoms in total. The molecule has 0 radical (unpaired) electrons. The van der Waals surface area contributed by atoms with Crippen LogP contribution in [0, 0.1) is 0 Å². The predicted octanol–water partition coefficient (Wildman–Crippen LogP) is 24.0. The van der Waals surface area contributed by atoms with E-state index in [0.29, 0.717) is 38.5 Å². The lowest BCUT2D eigenvalue weighted by atomic mass is 10.0. The Morgan fingerprint density at radius 1 is 0.274 bits per heavy atom. The van der Waals surface area contributed by atoms with E-state index in [2.05, 4.69) is 149 Å². The SMILES string of the molecule is CC/C=C\C/C=C\C/C=C\C/C=C\C/C=C\C/C=C\CCC(=O)OC[C@H](COP(=O)(O)OC[C@@H](O)COP(=O)(O)OC[C@@H](COC(=O)CCCCCCCCCCCCCCCCC)OC(=O)CC/C=C\C/C=C\C/C=C\C/C=C\C/C=C\C/C=C\CC)OC(=O)CCCCCCC/C=C\CCCCCC. The van der Waals surface area contributed by atoms with Crippen LogP contribution in [0.2, 0.25) is 0 Å². The van der Waals surface area contributed by atoms with Gasteiger partial charge in [-0.3, -0.25) is 37.3 Å². The molecule has 0 saturated carbocycles. The maximum Gasteiger partial charge on any atom is 0.472 e. The van der Waals surface area contributed by atoms with Crippen LogP contribution in [0.3, 0.4) is 0 Å². The van der Waals surface area contributed by atoms with Gasteiger partial charge < -0.3 is 33.8 Å². The topological polar surface area (TPSA) is 237 Å². The van der Waals surface area contributed by atoms with E-state index in [9.17, 15) is 43.2 Å². The number of phosphoric ester groups is 2. The molecule has 0 fully saturated rings. The number of ether oxygens (including phenoxy) is 4. The van der Waals surface area contributed by atoms with Crippen molar-refractivity contribution in [3.63, 3.8) is 0 Å². The van der Waals surface area contributed by atoms with Crippen LogP contribution in [-0.2, 0) is 65.4 Å². The van der Waals surface area contributed by atoms with Gasteiger partial charge in [-0.25, -0.2) is 9.13 Å². The Hall–Kier alpha value is -5.32. The number of carbonyl (C=O) groups excluding carboxylic acids is 4. The number of carbonyl (C=O) groups is 4. The van der Waals surface area contributed by atoms with Crippen molar-refractivity contribution in [1.29, 1.82) is 0 Å². The lowest BCUT2D eigenvalue weighted by molar-refractivity contribution is -0.161. The standard InChI is InChI=1S/C87H144O17P2/c1-5-9-13-17-21-25-29-33-36-38-40-42-45-49-52-56-60-64-68-72-85(90)98-77-82(103-86(91)73-69-65-61-57-53-47-32-28-24-20-16-12-8-4)79-101-105(93,94)99-75-81(88)76-100-106(95,96)102-80-83(78-97-84(89)71-67-63-59-55-51-48-44-35-31-27-23-19-15-11-7-3)104-87(92)74-70-66-62-58-54-50-46-43-41-39-37-34-30-26-22-18-14-10-6-2/h9-10,13-14,21-22,25-26,28,32-34,36-37,40-43,49-50,52,54,60,62,64,66,81-83,88H,5-8,11-12,15-20,23-24,27,29-31,35,38-39,44-48,51,53,55-59,61,63,65,67-80H2,1-4H3,(H,93,94)(H,95,96)/b13-9-,14-10-,25-21-,26-22-,32-28-,36-33-,37-34-,42-40-,43-41-,52-49-,54-50-,64-60-,66-62-/t81-,82-,83-/m1/s1. The van der Waals surface area contributed by atoms with Crippen LogP contribution in [0.15, 0.2) is 158 Å². The first-order valence-corrected chi connectivity index (χ1v) is 43.7. The van der Waals surface area contributed by atoms with Crippen LogP contribution in [0.5, 0.6) is 0 Å². The van der Waals surface area contributed by atoms with Crippen molar-refractivity contribution >= 4 is 39.5 Å².